The molecule has 0 aliphatic rings. The van der Waals surface area contributed by atoms with Crippen LogP contribution in [0.25, 0.3) is 10.6 Å². The van der Waals surface area contributed by atoms with Crippen LogP contribution in [0.1, 0.15) is 43.8 Å². The van der Waals surface area contributed by atoms with Gasteiger partial charge in [0.05, 0.1) is 22.7 Å². The van der Waals surface area contributed by atoms with Gasteiger partial charge in [-0.15, -0.1) is 11.3 Å². The van der Waals surface area contributed by atoms with Gasteiger partial charge in [0.2, 0.25) is 5.91 Å². The quantitative estimate of drug-likeness (QED) is 0.800. The van der Waals surface area contributed by atoms with Crippen molar-refractivity contribution in [3.8, 4) is 10.6 Å². The molecule has 1 heterocycles. The third kappa shape index (κ3) is 4.35. The molecule has 6 heteroatoms. The van der Waals surface area contributed by atoms with Crippen molar-refractivity contribution >= 4 is 28.8 Å². The number of nitrogens with zero attached hydrogens (tertiary/aromatic N) is 1. The predicted molar refractivity (Wildman–Crippen MR) is 101 cm³/mol. The molecule has 3 unspecified atom stereocenters. The van der Waals surface area contributed by atoms with E-state index in [1.54, 1.807) is 11.3 Å². The number of halogens is 1. The molecule has 0 bridgehead atoms. The van der Waals surface area contributed by atoms with E-state index in [0.29, 0.717) is 5.02 Å². The molecule has 0 saturated heterocycles. The highest BCUT2D eigenvalue weighted by Crippen LogP contribution is 2.32. The van der Waals surface area contributed by atoms with Crippen molar-refractivity contribution in [2.24, 2.45) is 11.7 Å². The van der Waals surface area contributed by atoms with Crippen molar-refractivity contribution in [3.63, 3.8) is 0 Å². The number of carbonyl (C=O) groups excluding carboxylic acids is 1. The van der Waals surface area contributed by atoms with Crippen LogP contribution in [-0.2, 0) is 4.79 Å². The topological polar surface area (TPSA) is 68.0 Å². The fourth-order valence-corrected chi connectivity index (χ4v) is 3.61. The zero-order valence-corrected chi connectivity index (χ0v) is 16.0. The fraction of sp³-hybridized carbons (Fsp3) is 0.444. The van der Waals surface area contributed by atoms with E-state index in [0.717, 1.165) is 27.6 Å². The number of thiazole rings is 1. The molecule has 0 aliphatic carbocycles. The number of benzene rings is 1. The first-order valence-corrected chi connectivity index (χ1v) is 9.32. The van der Waals surface area contributed by atoms with Gasteiger partial charge in [0, 0.05) is 10.6 Å². The van der Waals surface area contributed by atoms with Crippen LogP contribution in [0.15, 0.2) is 24.3 Å². The number of hydrogen-bond donors (Lipinski definition) is 2. The maximum atomic E-state index is 12.3. The van der Waals surface area contributed by atoms with Gasteiger partial charge in [-0.2, -0.15) is 0 Å². The zero-order valence-electron chi connectivity index (χ0n) is 14.5. The Morgan fingerprint density at radius 1 is 1.33 bits per heavy atom. The second-order valence-corrected chi connectivity index (χ2v) is 7.58. The van der Waals surface area contributed by atoms with Crippen molar-refractivity contribution in [2.75, 3.05) is 0 Å². The van der Waals surface area contributed by atoms with Crippen LogP contribution in [0.4, 0.5) is 0 Å². The standard InChI is InChI=1S/C18H24ClN3OS/c1-5-10(2)15(20)17(23)21-11(3)16-12(4)22-18(24-16)13-6-8-14(19)9-7-13/h6-11,15H,5,20H2,1-4H3,(H,21,23). The molecule has 0 saturated carbocycles. The minimum Gasteiger partial charge on any atom is -0.347 e. The SMILES string of the molecule is CCC(C)C(N)C(=O)NC(C)c1sc(-c2ccc(Cl)cc2)nc1C. The Labute approximate surface area is 152 Å². The molecule has 0 spiro atoms. The summed E-state index contributed by atoms with van der Waals surface area (Å²) in [6.45, 7) is 7.95. The number of nitrogens with two attached hydrogens (primary N) is 1. The first kappa shape index (κ1) is 18.9. The van der Waals surface area contributed by atoms with Gasteiger partial charge in [0.1, 0.15) is 5.01 Å². The Bertz CT molecular complexity index is 699. The van der Waals surface area contributed by atoms with Crippen LogP contribution >= 0.6 is 22.9 Å². The lowest BCUT2D eigenvalue weighted by molar-refractivity contribution is -0.124. The van der Waals surface area contributed by atoms with Crippen molar-refractivity contribution < 1.29 is 4.79 Å². The second kappa shape index (κ2) is 8.10. The summed E-state index contributed by atoms with van der Waals surface area (Å²) in [4.78, 5) is 18.0. The minimum atomic E-state index is -0.485. The number of nitrogens with one attached hydrogen (secondary N) is 1. The molecule has 1 aromatic heterocycles. The van der Waals surface area contributed by atoms with Gasteiger partial charge < -0.3 is 11.1 Å². The van der Waals surface area contributed by atoms with Gasteiger partial charge in [-0.1, -0.05) is 44.0 Å². The van der Waals surface area contributed by atoms with Crippen LogP contribution in [0.5, 0.6) is 0 Å². The zero-order chi connectivity index (χ0) is 17.9. The molecule has 0 fully saturated rings. The summed E-state index contributed by atoms with van der Waals surface area (Å²) >= 11 is 7.52. The van der Waals surface area contributed by atoms with E-state index in [2.05, 4.69) is 10.3 Å². The summed E-state index contributed by atoms with van der Waals surface area (Å²) in [5.41, 5.74) is 7.96. The lowest BCUT2D eigenvalue weighted by Gasteiger charge is -2.20. The lowest BCUT2D eigenvalue weighted by atomic mass is 9.99. The Balaban J connectivity index is 2.14. The first-order valence-electron chi connectivity index (χ1n) is 8.12. The summed E-state index contributed by atoms with van der Waals surface area (Å²) in [7, 11) is 0. The molecular formula is C18H24ClN3OS. The smallest absolute Gasteiger partial charge is 0.237 e. The van der Waals surface area contributed by atoms with Gasteiger partial charge in [-0.05, 0) is 31.9 Å². The second-order valence-electron chi connectivity index (χ2n) is 6.12. The van der Waals surface area contributed by atoms with Gasteiger partial charge >= 0.3 is 0 Å². The molecule has 2 aromatic rings. The van der Waals surface area contributed by atoms with Gasteiger partial charge in [0.15, 0.2) is 0 Å². The summed E-state index contributed by atoms with van der Waals surface area (Å²) in [6, 6.07) is 7.00. The van der Waals surface area contributed by atoms with Gasteiger partial charge in [-0.3, -0.25) is 4.79 Å². The fourth-order valence-electron chi connectivity index (χ4n) is 2.41. The lowest BCUT2D eigenvalue weighted by Crippen LogP contribution is -2.45. The molecule has 0 radical (unpaired) electrons. The molecule has 3 N–H and O–H groups in total. The molecule has 1 amide bonds. The molecule has 0 aliphatic heterocycles. The molecule has 1 aromatic carbocycles. The van der Waals surface area contributed by atoms with E-state index in [1.807, 2.05) is 52.0 Å². The van der Waals surface area contributed by atoms with Crippen LogP contribution in [0, 0.1) is 12.8 Å². The Hall–Kier alpha value is -1.43. The monoisotopic (exact) mass is 365 g/mol. The van der Waals surface area contributed by atoms with E-state index in [4.69, 9.17) is 17.3 Å². The predicted octanol–water partition coefficient (Wildman–Crippen LogP) is 4.32. The molecule has 24 heavy (non-hydrogen) atoms. The summed E-state index contributed by atoms with van der Waals surface area (Å²) in [5.74, 6) is 0.0436. The van der Waals surface area contributed by atoms with Gasteiger partial charge in [-0.25, -0.2) is 4.98 Å². The summed E-state index contributed by atoms with van der Waals surface area (Å²) < 4.78 is 0. The molecule has 130 valence electrons. The van der Waals surface area contributed by atoms with Crippen LogP contribution < -0.4 is 11.1 Å². The number of hydrogen-bond acceptors (Lipinski definition) is 4. The third-order valence-corrected chi connectivity index (χ3v) is 5.88. The summed E-state index contributed by atoms with van der Waals surface area (Å²) in [6.07, 6.45) is 0.878. The maximum Gasteiger partial charge on any atom is 0.237 e. The van der Waals surface area contributed by atoms with E-state index < -0.39 is 6.04 Å². The Kier molecular flexibility index (Phi) is 6.38. The minimum absolute atomic E-state index is 0.113. The number of rotatable bonds is 6. The van der Waals surface area contributed by atoms with Crippen molar-refractivity contribution in [2.45, 2.75) is 46.2 Å². The van der Waals surface area contributed by atoms with Crippen molar-refractivity contribution in [3.05, 3.63) is 39.9 Å². The van der Waals surface area contributed by atoms with Gasteiger partial charge in [0.25, 0.3) is 0 Å². The van der Waals surface area contributed by atoms with E-state index in [9.17, 15) is 4.79 Å². The molecular weight excluding hydrogens is 342 g/mol. The number of aromatic nitrogens is 1. The van der Waals surface area contributed by atoms with E-state index in [1.165, 1.54) is 0 Å². The highest BCUT2D eigenvalue weighted by atomic mass is 35.5. The molecule has 2 rings (SSSR count). The van der Waals surface area contributed by atoms with E-state index >= 15 is 0 Å². The van der Waals surface area contributed by atoms with Crippen LogP contribution in [0.2, 0.25) is 5.02 Å². The normalized spacial score (nSPS) is 14.9. The van der Waals surface area contributed by atoms with E-state index in [-0.39, 0.29) is 17.9 Å². The molecule has 3 atom stereocenters. The first-order chi connectivity index (χ1) is 11.3. The molecule has 4 nitrogen and oxygen atoms in total. The number of aryl methyl sites for hydroxylation is 1. The highest BCUT2D eigenvalue weighted by molar-refractivity contribution is 7.15. The number of carbonyl (C=O) groups is 1. The Morgan fingerprint density at radius 3 is 2.54 bits per heavy atom. The average Bonchev–Trinajstić information content (AvgIpc) is 2.95. The highest BCUT2D eigenvalue weighted by Gasteiger charge is 2.23. The van der Waals surface area contributed by atoms with Crippen LogP contribution in [-0.4, -0.2) is 16.9 Å². The van der Waals surface area contributed by atoms with Crippen molar-refractivity contribution in [1.29, 1.82) is 0 Å². The average molecular weight is 366 g/mol. The van der Waals surface area contributed by atoms with Crippen LogP contribution in [0.3, 0.4) is 0 Å². The number of amides is 1. The Morgan fingerprint density at radius 2 is 1.96 bits per heavy atom. The maximum absolute atomic E-state index is 12.3. The third-order valence-electron chi connectivity index (χ3n) is 4.24. The largest absolute Gasteiger partial charge is 0.347 e. The van der Waals surface area contributed by atoms with Crippen molar-refractivity contribution in [1.82, 2.24) is 10.3 Å². The summed E-state index contributed by atoms with van der Waals surface area (Å²) in [5, 5.41) is 4.63.